The number of ether oxygens (including phenoxy) is 3. The van der Waals surface area contributed by atoms with Crippen molar-refractivity contribution < 1.29 is 33.4 Å². The van der Waals surface area contributed by atoms with Crippen LogP contribution in [0.15, 0.2) is 0 Å². The first-order valence-corrected chi connectivity index (χ1v) is 6.34. The van der Waals surface area contributed by atoms with Gasteiger partial charge in [0.1, 0.15) is 13.2 Å². The van der Waals surface area contributed by atoms with Gasteiger partial charge in [-0.3, -0.25) is 19.3 Å². The summed E-state index contributed by atoms with van der Waals surface area (Å²) in [4.78, 5) is 45.9. The number of carbonyl (C=O) groups excluding carboxylic acids is 4. The van der Waals surface area contributed by atoms with E-state index in [2.05, 4.69) is 9.47 Å². The smallest absolute Gasteiger partial charge is 0.322 e. The maximum atomic E-state index is 12.2. The summed E-state index contributed by atoms with van der Waals surface area (Å²) in [7, 11) is 0. The molecule has 0 aliphatic heterocycles. The van der Waals surface area contributed by atoms with Gasteiger partial charge >= 0.3 is 12.0 Å². The highest BCUT2D eigenvalue weighted by atomic mass is 16.5. The summed E-state index contributed by atoms with van der Waals surface area (Å²) in [5.74, 6) is -0.499. The van der Waals surface area contributed by atoms with Crippen LogP contribution < -0.4 is 0 Å². The molecule has 9 heteroatoms. The first-order chi connectivity index (χ1) is 10.1. The molecule has 0 N–H and O–H groups in total. The largest absolute Gasteiger partial charge is 0.466 e. The Kier molecular flexibility index (Phi) is 10.2. The maximum absolute atomic E-state index is 12.2. The first-order valence-electron chi connectivity index (χ1n) is 6.34. The highest BCUT2D eigenvalue weighted by Crippen LogP contribution is 2.00. The Bertz CT molecular complexity index is 334. The Labute approximate surface area is 122 Å². The number of esters is 1. The fourth-order valence-electron chi connectivity index (χ4n) is 1.38. The van der Waals surface area contributed by atoms with Gasteiger partial charge in [-0.1, -0.05) is 0 Å². The van der Waals surface area contributed by atoms with E-state index in [9.17, 15) is 19.2 Å². The van der Waals surface area contributed by atoms with Gasteiger partial charge in [0.2, 0.25) is 0 Å². The minimum absolute atomic E-state index is 0.0153. The third kappa shape index (κ3) is 8.45. The van der Waals surface area contributed by atoms with Gasteiger partial charge in [0, 0.05) is 13.5 Å². The normalized spacial score (nSPS) is 9.43. The third-order valence-corrected chi connectivity index (χ3v) is 2.44. The van der Waals surface area contributed by atoms with Crippen molar-refractivity contribution in [2.24, 2.45) is 0 Å². The molecule has 0 saturated carbocycles. The quantitative estimate of drug-likeness (QED) is 0.168. The molecule has 9 nitrogen and oxygen atoms in total. The number of urea groups is 1. The molecule has 0 fully saturated rings. The van der Waals surface area contributed by atoms with E-state index in [1.165, 1.54) is 16.7 Å². The van der Waals surface area contributed by atoms with E-state index in [1.54, 1.807) is 6.92 Å². The topological polar surface area (TPSA) is 102 Å². The van der Waals surface area contributed by atoms with Crippen molar-refractivity contribution in [3.8, 4) is 0 Å². The lowest BCUT2D eigenvalue weighted by Gasteiger charge is -2.29. The molecule has 0 aromatic carbocycles. The van der Waals surface area contributed by atoms with Gasteiger partial charge in [-0.15, -0.1) is 0 Å². The number of rotatable bonds is 11. The van der Waals surface area contributed by atoms with Gasteiger partial charge in [0.05, 0.1) is 13.1 Å². The van der Waals surface area contributed by atoms with Crippen molar-refractivity contribution in [1.29, 1.82) is 0 Å². The highest BCUT2D eigenvalue weighted by molar-refractivity contribution is 5.74. The Hall–Kier alpha value is -2.32. The summed E-state index contributed by atoms with van der Waals surface area (Å²) in [5, 5.41) is 0. The molecule has 120 valence electrons. The van der Waals surface area contributed by atoms with Gasteiger partial charge in [0.15, 0.2) is 6.73 Å². The standard InChI is InChI=1S/C12H20N2O7/c1-3-13(8-21-11(2)17)12(18)14(4-6-19-9-15)5-7-20-10-16/h9-10H,3-8H2,1-2H3. The van der Waals surface area contributed by atoms with Gasteiger partial charge in [-0.25, -0.2) is 4.79 Å². The van der Waals surface area contributed by atoms with Crippen molar-refractivity contribution in [3.63, 3.8) is 0 Å². The lowest BCUT2D eigenvalue weighted by atomic mass is 10.5. The minimum atomic E-state index is -0.499. The summed E-state index contributed by atoms with van der Waals surface area (Å²) in [6.07, 6.45) is 0. The average molecular weight is 304 g/mol. The zero-order chi connectivity index (χ0) is 16.1. The van der Waals surface area contributed by atoms with E-state index >= 15 is 0 Å². The average Bonchev–Trinajstić information content (AvgIpc) is 2.46. The number of hydrogen-bond acceptors (Lipinski definition) is 7. The van der Waals surface area contributed by atoms with Gasteiger partial charge in [0.25, 0.3) is 12.9 Å². The van der Waals surface area contributed by atoms with Crippen molar-refractivity contribution in [3.05, 3.63) is 0 Å². The molecular formula is C12H20N2O7. The molecule has 0 rings (SSSR count). The highest BCUT2D eigenvalue weighted by Gasteiger charge is 2.20. The van der Waals surface area contributed by atoms with Crippen LogP contribution in [0.2, 0.25) is 0 Å². The van der Waals surface area contributed by atoms with Crippen LogP contribution in [-0.2, 0) is 28.6 Å². The molecule has 0 aromatic rings. The molecular weight excluding hydrogens is 284 g/mol. The molecule has 0 atom stereocenters. The summed E-state index contributed by atoms with van der Waals surface area (Å²) in [6.45, 7) is 3.98. The SMILES string of the molecule is CCN(COC(C)=O)C(=O)N(CCOC=O)CCOC=O. The van der Waals surface area contributed by atoms with Crippen molar-refractivity contribution in [2.75, 3.05) is 39.6 Å². The maximum Gasteiger partial charge on any atom is 0.322 e. The van der Waals surface area contributed by atoms with Crippen LogP contribution in [-0.4, -0.2) is 74.3 Å². The van der Waals surface area contributed by atoms with Crippen LogP contribution in [0.3, 0.4) is 0 Å². The Morgan fingerprint density at radius 3 is 1.90 bits per heavy atom. The lowest BCUT2D eigenvalue weighted by Crippen LogP contribution is -2.46. The predicted molar refractivity (Wildman–Crippen MR) is 70.0 cm³/mol. The van der Waals surface area contributed by atoms with Crippen molar-refractivity contribution >= 4 is 24.9 Å². The van der Waals surface area contributed by atoms with Crippen LogP contribution in [0.4, 0.5) is 4.79 Å². The van der Waals surface area contributed by atoms with Crippen LogP contribution >= 0.6 is 0 Å². The zero-order valence-electron chi connectivity index (χ0n) is 12.1. The molecule has 0 bridgehead atoms. The van der Waals surface area contributed by atoms with Crippen molar-refractivity contribution in [2.45, 2.75) is 13.8 Å². The second kappa shape index (κ2) is 11.5. The molecule has 0 heterocycles. The summed E-state index contributed by atoms with van der Waals surface area (Å²) >= 11 is 0. The van der Waals surface area contributed by atoms with E-state index in [4.69, 9.17) is 4.74 Å². The summed E-state index contributed by atoms with van der Waals surface area (Å²) in [6, 6.07) is -0.414. The van der Waals surface area contributed by atoms with Gasteiger partial charge in [-0.05, 0) is 6.92 Å². The molecule has 0 unspecified atom stereocenters. The second-order valence-corrected chi connectivity index (χ2v) is 3.82. The van der Waals surface area contributed by atoms with E-state index in [0.717, 1.165) is 0 Å². The zero-order valence-corrected chi connectivity index (χ0v) is 12.1. The number of nitrogens with zero attached hydrogens (tertiary/aromatic N) is 2. The molecule has 0 aliphatic carbocycles. The number of carbonyl (C=O) groups is 4. The van der Waals surface area contributed by atoms with Gasteiger partial charge < -0.3 is 19.1 Å². The second-order valence-electron chi connectivity index (χ2n) is 3.82. The summed E-state index contributed by atoms with van der Waals surface area (Å²) in [5.41, 5.74) is 0. The number of amides is 2. The van der Waals surface area contributed by atoms with E-state index < -0.39 is 12.0 Å². The molecule has 21 heavy (non-hydrogen) atoms. The monoisotopic (exact) mass is 304 g/mol. The van der Waals surface area contributed by atoms with Gasteiger partial charge in [-0.2, -0.15) is 0 Å². The molecule has 0 saturated heterocycles. The molecule has 0 spiro atoms. The third-order valence-electron chi connectivity index (χ3n) is 2.44. The molecule has 0 aliphatic rings. The molecule has 0 radical (unpaired) electrons. The number of hydrogen-bond donors (Lipinski definition) is 0. The lowest BCUT2D eigenvalue weighted by molar-refractivity contribution is -0.144. The first kappa shape index (κ1) is 18.7. The minimum Gasteiger partial charge on any atom is -0.466 e. The van der Waals surface area contributed by atoms with Crippen molar-refractivity contribution in [1.82, 2.24) is 9.80 Å². The van der Waals surface area contributed by atoms with Crippen LogP contribution in [0.5, 0.6) is 0 Å². The molecule has 0 aromatic heterocycles. The van der Waals surface area contributed by atoms with Crippen LogP contribution in [0.1, 0.15) is 13.8 Å². The fourth-order valence-corrected chi connectivity index (χ4v) is 1.38. The fraction of sp³-hybridized carbons (Fsp3) is 0.667. The van der Waals surface area contributed by atoms with E-state index in [-0.39, 0.29) is 46.0 Å². The Balaban J connectivity index is 4.57. The van der Waals surface area contributed by atoms with Crippen LogP contribution in [0, 0.1) is 0 Å². The van der Waals surface area contributed by atoms with E-state index in [1.807, 2.05) is 0 Å². The van der Waals surface area contributed by atoms with E-state index in [0.29, 0.717) is 6.54 Å². The van der Waals surface area contributed by atoms with Crippen LogP contribution in [0.25, 0.3) is 0 Å². The predicted octanol–water partition coefficient (Wildman–Crippen LogP) is -0.403. The molecule has 2 amide bonds. The Morgan fingerprint density at radius 2 is 1.52 bits per heavy atom. The Morgan fingerprint density at radius 1 is 1.00 bits per heavy atom. The summed E-state index contributed by atoms with van der Waals surface area (Å²) < 4.78 is 13.9.